The minimum atomic E-state index is -0.175. The van der Waals surface area contributed by atoms with Crippen molar-refractivity contribution in [2.45, 2.75) is 26.4 Å². The molecule has 0 aliphatic rings. The molecule has 2 aromatic rings. The van der Waals surface area contributed by atoms with E-state index in [0.29, 0.717) is 6.54 Å². The lowest BCUT2D eigenvalue weighted by molar-refractivity contribution is 0.585. The maximum Gasteiger partial charge on any atom is 0.123 e. The predicted octanol–water partition coefficient (Wildman–Crippen LogP) is 3.26. The second-order valence-corrected chi connectivity index (χ2v) is 4.64. The van der Waals surface area contributed by atoms with Crippen molar-refractivity contribution in [2.75, 3.05) is 7.05 Å². The molecule has 3 heteroatoms. The summed E-state index contributed by atoms with van der Waals surface area (Å²) >= 11 is 0. The number of nitrogens with one attached hydrogen (secondary N) is 1. The van der Waals surface area contributed by atoms with Gasteiger partial charge >= 0.3 is 0 Å². The summed E-state index contributed by atoms with van der Waals surface area (Å²) in [7, 11) is 1.94. The van der Waals surface area contributed by atoms with Crippen LogP contribution in [-0.2, 0) is 6.54 Å². The third-order valence-corrected chi connectivity index (χ3v) is 3.39. The number of hydrogen-bond acceptors (Lipinski definition) is 1. The van der Waals surface area contributed by atoms with Gasteiger partial charge in [-0.3, -0.25) is 0 Å². The Bertz CT molecular complexity index is 531. The van der Waals surface area contributed by atoms with Crippen molar-refractivity contribution < 1.29 is 4.39 Å². The molecule has 0 radical (unpaired) electrons. The molecule has 18 heavy (non-hydrogen) atoms. The maximum atomic E-state index is 13.3. The highest BCUT2D eigenvalue weighted by atomic mass is 19.1. The molecular weight excluding hydrogens is 227 g/mol. The number of rotatable bonds is 4. The number of aryl methyl sites for hydroxylation is 1. The molecule has 0 aliphatic carbocycles. The molecule has 0 saturated heterocycles. The zero-order valence-corrected chi connectivity index (χ0v) is 11.1. The third kappa shape index (κ3) is 2.62. The van der Waals surface area contributed by atoms with Crippen molar-refractivity contribution >= 4 is 0 Å². The smallest absolute Gasteiger partial charge is 0.123 e. The first-order chi connectivity index (χ1) is 8.61. The predicted molar refractivity (Wildman–Crippen MR) is 72.1 cm³/mol. The first-order valence-electron chi connectivity index (χ1n) is 6.19. The molecule has 1 atom stereocenters. The van der Waals surface area contributed by atoms with E-state index in [1.54, 1.807) is 6.07 Å². The molecule has 1 aromatic heterocycles. The van der Waals surface area contributed by atoms with Crippen molar-refractivity contribution in [1.29, 1.82) is 0 Å². The van der Waals surface area contributed by atoms with Crippen LogP contribution in [0.4, 0.5) is 4.39 Å². The van der Waals surface area contributed by atoms with Crippen LogP contribution < -0.4 is 5.32 Å². The lowest BCUT2D eigenvalue weighted by Gasteiger charge is -2.16. The first kappa shape index (κ1) is 12.8. The zero-order valence-electron chi connectivity index (χ0n) is 11.1. The molecule has 1 N–H and O–H groups in total. The van der Waals surface area contributed by atoms with Gasteiger partial charge in [-0.05, 0) is 56.3 Å². The zero-order chi connectivity index (χ0) is 13.1. The minimum Gasteiger partial charge on any atom is -0.346 e. The highest BCUT2D eigenvalue weighted by molar-refractivity contribution is 5.27. The van der Waals surface area contributed by atoms with Crippen LogP contribution in [0.3, 0.4) is 0 Å². The average molecular weight is 246 g/mol. The molecule has 0 aliphatic heterocycles. The number of nitrogens with zero attached hydrogens (tertiary/aromatic N) is 1. The molecule has 96 valence electrons. The molecular formula is C15H19FN2. The Morgan fingerprint density at radius 1 is 1.33 bits per heavy atom. The summed E-state index contributed by atoms with van der Waals surface area (Å²) in [5.41, 5.74) is 3.35. The number of halogens is 1. The van der Waals surface area contributed by atoms with Crippen molar-refractivity contribution in [1.82, 2.24) is 9.88 Å². The highest BCUT2D eigenvalue weighted by Crippen LogP contribution is 2.17. The van der Waals surface area contributed by atoms with E-state index < -0.39 is 0 Å². The van der Waals surface area contributed by atoms with E-state index in [1.807, 2.05) is 32.3 Å². The standard InChI is InChI=1S/C15H19FN2/c1-11-6-7-14(16)9-13(11)10-18-8-4-5-15(18)12(2)17-3/h4-9,12,17H,10H2,1-3H3. The minimum absolute atomic E-state index is 0.175. The van der Waals surface area contributed by atoms with Crippen LogP contribution in [0, 0.1) is 12.7 Å². The monoisotopic (exact) mass is 246 g/mol. The molecule has 1 unspecified atom stereocenters. The fourth-order valence-electron chi connectivity index (χ4n) is 2.11. The molecule has 0 spiro atoms. The van der Waals surface area contributed by atoms with Crippen molar-refractivity contribution in [3.05, 3.63) is 59.2 Å². The quantitative estimate of drug-likeness (QED) is 0.876. The summed E-state index contributed by atoms with van der Waals surface area (Å²) < 4.78 is 15.4. The summed E-state index contributed by atoms with van der Waals surface area (Å²) in [6.45, 7) is 4.83. The summed E-state index contributed by atoms with van der Waals surface area (Å²) in [5.74, 6) is -0.175. The summed E-state index contributed by atoms with van der Waals surface area (Å²) in [6.07, 6.45) is 2.04. The van der Waals surface area contributed by atoms with Gasteiger partial charge in [-0.25, -0.2) is 4.39 Å². The largest absolute Gasteiger partial charge is 0.346 e. The molecule has 1 aromatic carbocycles. The van der Waals surface area contributed by atoms with Gasteiger partial charge in [0, 0.05) is 24.5 Å². The van der Waals surface area contributed by atoms with E-state index in [2.05, 4.69) is 22.9 Å². The van der Waals surface area contributed by atoms with Crippen molar-refractivity contribution in [3.63, 3.8) is 0 Å². The Morgan fingerprint density at radius 2 is 2.11 bits per heavy atom. The van der Waals surface area contributed by atoms with Gasteiger partial charge in [-0.2, -0.15) is 0 Å². The SMILES string of the molecule is CNC(C)c1cccn1Cc1cc(F)ccc1C. The van der Waals surface area contributed by atoms with Crippen LogP contribution in [0.25, 0.3) is 0 Å². The molecule has 0 amide bonds. The maximum absolute atomic E-state index is 13.3. The summed E-state index contributed by atoms with van der Waals surface area (Å²) in [5, 5.41) is 3.22. The first-order valence-corrected chi connectivity index (χ1v) is 6.19. The number of hydrogen-bond donors (Lipinski definition) is 1. The van der Waals surface area contributed by atoms with Crippen LogP contribution in [0.2, 0.25) is 0 Å². The fraction of sp³-hybridized carbons (Fsp3) is 0.333. The Labute approximate surface area is 107 Å². The van der Waals surface area contributed by atoms with Gasteiger partial charge in [0.2, 0.25) is 0 Å². The summed E-state index contributed by atoms with van der Waals surface area (Å²) in [4.78, 5) is 0. The molecule has 0 bridgehead atoms. The van der Waals surface area contributed by atoms with Crippen LogP contribution in [0.15, 0.2) is 36.5 Å². The van der Waals surface area contributed by atoms with E-state index in [-0.39, 0.29) is 11.9 Å². The summed E-state index contributed by atoms with van der Waals surface area (Å²) in [6, 6.07) is 9.35. The van der Waals surface area contributed by atoms with Gasteiger partial charge in [0.25, 0.3) is 0 Å². The molecule has 1 heterocycles. The van der Waals surface area contributed by atoms with Gasteiger partial charge in [0.15, 0.2) is 0 Å². The van der Waals surface area contributed by atoms with Crippen LogP contribution in [0.5, 0.6) is 0 Å². The molecule has 0 fully saturated rings. The molecule has 2 rings (SSSR count). The lowest BCUT2D eigenvalue weighted by atomic mass is 10.1. The topological polar surface area (TPSA) is 17.0 Å². The van der Waals surface area contributed by atoms with Crippen molar-refractivity contribution in [2.24, 2.45) is 0 Å². The third-order valence-electron chi connectivity index (χ3n) is 3.39. The normalized spacial score (nSPS) is 12.7. The van der Waals surface area contributed by atoms with Crippen LogP contribution in [0.1, 0.15) is 29.8 Å². The van der Waals surface area contributed by atoms with Crippen molar-refractivity contribution in [3.8, 4) is 0 Å². The van der Waals surface area contributed by atoms with E-state index in [9.17, 15) is 4.39 Å². The fourth-order valence-corrected chi connectivity index (χ4v) is 2.11. The Hall–Kier alpha value is -1.61. The Balaban J connectivity index is 2.29. The van der Waals surface area contributed by atoms with E-state index in [4.69, 9.17) is 0 Å². The highest BCUT2D eigenvalue weighted by Gasteiger charge is 2.09. The van der Waals surface area contributed by atoms with E-state index >= 15 is 0 Å². The number of benzene rings is 1. The molecule has 2 nitrogen and oxygen atoms in total. The lowest BCUT2D eigenvalue weighted by Crippen LogP contribution is -2.17. The number of aromatic nitrogens is 1. The second-order valence-electron chi connectivity index (χ2n) is 4.64. The van der Waals surface area contributed by atoms with E-state index in [1.165, 1.54) is 11.8 Å². The Kier molecular flexibility index (Phi) is 3.82. The van der Waals surface area contributed by atoms with Gasteiger partial charge in [-0.1, -0.05) is 6.07 Å². The van der Waals surface area contributed by atoms with Crippen LogP contribution in [-0.4, -0.2) is 11.6 Å². The second kappa shape index (κ2) is 5.36. The van der Waals surface area contributed by atoms with Gasteiger partial charge in [-0.15, -0.1) is 0 Å². The Morgan fingerprint density at radius 3 is 2.83 bits per heavy atom. The van der Waals surface area contributed by atoms with Gasteiger partial charge in [0.05, 0.1) is 0 Å². The van der Waals surface area contributed by atoms with Crippen LogP contribution >= 0.6 is 0 Å². The molecule has 0 saturated carbocycles. The average Bonchev–Trinajstić information content (AvgIpc) is 2.81. The van der Waals surface area contributed by atoms with Gasteiger partial charge < -0.3 is 9.88 Å². The van der Waals surface area contributed by atoms with E-state index in [0.717, 1.165) is 11.1 Å². The van der Waals surface area contributed by atoms with Gasteiger partial charge in [0.1, 0.15) is 5.82 Å².